The molecular formula is C23H24F3N3O5. The summed E-state index contributed by atoms with van der Waals surface area (Å²) in [5, 5.41) is 13.3. The molecule has 2 aromatic heterocycles. The van der Waals surface area contributed by atoms with Crippen molar-refractivity contribution < 1.29 is 37.3 Å². The number of pyridine rings is 1. The van der Waals surface area contributed by atoms with Crippen LogP contribution in [0.15, 0.2) is 42.7 Å². The summed E-state index contributed by atoms with van der Waals surface area (Å²) in [4.78, 5) is 14.8. The molecule has 11 heteroatoms. The molecule has 1 N–H and O–H groups in total. The summed E-state index contributed by atoms with van der Waals surface area (Å²) in [5.74, 6) is 0.585. The predicted octanol–water partition coefficient (Wildman–Crippen LogP) is 4.33. The van der Waals surface area contributed by atoms with Crippen molar-refractivity contribution in [1.82, 2.24) is 14.8 Å². The van der Waals surface area contributed by atoms with Crippen LogP contribution in [0.3, 0.4) is 0 Å². The zero-order valence-electron chi connectivity index (χ0n) is 18.6. The number of carboxylic acid groups (broad SMARTS) is 1. The molecule has 0 aliphatic rings. The first-order chi connectivity index (χ1) is 16.2. The lowest BCUT2D eigenvalue weighted by atomic mass is 10.1. The normalized spacial score (nSPS) is 11.3. The predicted molar refractivity (Wildman–Crippen MR) is 116 cm³/mol. The molecule has 0 spiro atoms. The SMILES string of the molecule is CCOc1nn(-c2ccc(C(F)(F)F)cn2)cc1CCCOc1cc(CC(=O)O)ccc1OC. The molecule has 1 aromatic carbocycles. The molecule has 0 saturated carbocycles. The number of aliphatic carboxylic acids is 1. The highest BCUT2D eigenvalue weighted by Crippen LogP contribution is 2.30. The number of ether oxygens (including phenoxy) is 3. The summed E-state index contributed by atoms with van der Waals surface area (Å²) in [5.41, 5.74) is 0.500. The van der Waals surface area contributed by atoms with Crippen molar-refractivity contribution in [2.24, 2.45) is 0 Å². The smallest absolute Gasteiger partial charge is 0.417 e. The van der Waals surface area contributed by atoms with E-state index in [4.69, 9.17) is 19.3 Å². The quantitative estimate of drug-likeness (QED) is 0.409. The van der Waals surface area contributed by atoms with Gasteiger partial charge in [-0.25, -0.2) is 9.67 Å². The van der Waals surface area contributed by atoms with Gasteiger partial charge < -0.3 is 19.3 Å². The molecule has 0 fully saturated rings. The Bertz CT molecular complexity index is 1110. The molecule has 3 aromatic rings. The Kier molecular flexibility index (Phi) is 7.98. The van der Waals surface area contributed by atoms with E-state index in [9.17, 15) is 18.0 Å². The molecule has 3 rings (SSSR count). The third kappa shape index (κ3) is 6.40. The van der Waals surface area contributed by atoms with Crippen LogP contribution in [-0.4, -0.2) is 46.2 Å². The molecule has 0 amide bonds. The van der Waals surface area contributed by atoms with Gasteiger partial charge in [0.2, 0.25) is 5.88 Å². The maximum atomic E-state index is 12.8. The number of methoxy groups -OCH3 is 1. The first-order valence-electron chi connectivity index (χ1n) is 10.5. The highest BCUT2D eigenvalue weighted by molar-refractivity contribution is 5.70. The minimum absolute atomic E-state index is 0.130. The first kappa shape index (κ1) is 24.9. The highest BCUT2D eigenvalue weighted by Gasteiger charge is 2.30. The maximum absolute atomic E-state index is 12.8. The standard InChI is InChI=1S/C23H24F3N3O5/c1-3-33-22-16(14-29(28-22)20-9-7-17(13-27-20)23(24,25)26)5-4-10-34-19-11-15(12-21(30)31)6-8-18(19)32-2/h6-9,11,13-14H,3-5,10,12H2,1-2H3,(H,30,31). The number of alkyl halides is 3. The van der Waals surface area contributed by atoms with E-state index in [-0.39, 0.29) is 12.2 Å². The Balaban J connectivity index is 1.67. The molecule has 0 atom stereocenters. The highest BCUT2D eigenvalue weighted by atomic mass is 19.4. The number of rotatable bonds is 11. The van der Waals surface area contributed by atoms with Gasteiger partial charge in [-0.1, -0.05) is 6.07 Å². The molecule has 0 radical (unpaired) electrons. The van der Waals surface area contributed by atoms with Gasteiger partial charge in [0.1, 0.15) is 0 Å². The zero-order valence-corrected chi connectivity index (χ0v) is 18.6. The van der Waals surface area contributed by atoms with Crippen molar-refractivity contribution in [3.05, 3.63) is 59.4 Å². The molecule has 34 heavy (non-hydrogen) atoms. The minimum Gasteiger partial charge on any atom is -0.493 e. The number of aryl methyl sites for hydroxylation is 1. The molecule has 0 aliphatic carbocycles. The van der Waals surface area contributed by atoms with Crippen molar-refractivity contribution >= 4 is 5.97 Å². The van der Waals surface area contributed by atoms with Gasteiger partial charge in [-0.05, 0) is 49.6 Å². The van der Waals surface area contributed by atoms with Crippen LogP contribution >= 0.6 is 0 Å². The second-order valence-electron chi connectivity index (χ2n) is 7.25. The van der Waals surface area contributed by atoms with E-state index in [0.29, 0.717) is 49.0 Å². The van der Waals surface area contributed by atoms with E-state index in [2.05, 4.69) is 10.1 Å². The van der Waals surface area contributed by atoms with Gasteiger partial charge in [0.15, 0.2) is 17.3 Å². The average molecular weight is 479 g/mol. The van der Waals surface area contributed by atoms with Crippen molar-refractivity contribution in [2.75, 3.05) is 20.3 Å². The van der Waals surface area contributed by atoms with Crippen molar-refractivity contribution in [3.8, 4) is 23.2 Å². The van der Waals surface area contributed by atoms with Crippen molar-refractivity contribution in [1.29, 1.82) is 0 Å². The van der Waals surface area contributed by atoms with Gasteiger partial charge in [-0.3, -0.25) is 4.79 Å². The van der Waals surface area contributed by atoms with Crippen LogP contribution in [0.25, 0.3) is 5.82 Å². The number of benzene rings is 1. The fourth-order valence-electron chi connectivity index (χ4n) is 3.19. The third-order valence-electron chi connectivity index (χ3n) is 4.77. The van der Waals surface area contributed by atoms with Gasteiger partial charge in [0.05, 0.1) is 32.3 Å². The molecule has 8 nitrogen and oxygen atoms in total. The second-order valence-corrected chi connectivity index (χ2v) is 7.25. The van der Waals surface area contributed by atoms with Gasteiger partial charge in [-0.2, -0.15) is 13.2 Å². The number of hydrogen-bond donors (Lipinski definition) is 1. The molecule has 0 bridgehead atoms. The summed E-state index contributed by atoms with van der Waals surface area (Å²) >= 11 is 0. The van der Waals surface area contributed by atoms with Gasteiger partial charge in [0.25, 0.3) is 0 Å². The molecule has 0 saturated heterocycles. The zero-order chi connectivity index (χ0) is 24.7. The van der Waals surface area contributed by atoms with Crippen LogP contribution in [0.2, 0.25) is 0 Å². The third-order valence-corrected chi connectivity index (χ3v) is 4.77. The average Bonchev–Trinajstić information content (AvgIpc) is 3.19. The van der Waals surface area contributed by atoms with E-state index in [1.165, 1.54) is 17.9 Å². The topological polar surface area (TPSA) is 95.7 Å². The van der Waals surface area contributed by atoms with E-state index in [1.807, 2.05) is 0 Å². The second kappa shape index (κ2) is 10.9. The van der Waals surface area contributed by atoms with Gasteiger partial charge >= 0.3 is 12.1 Å². The van der Waals surface area contributed by atoms with Crippen LogP contribution < -0.4 is 14.2 Å². The summed E-state index contributed by atoms with van der Waals surface area (Å²) in [6.07, 6.45) is -1.08. The van der Waals surface area contributed by atoms with Crippen molar-refractivity contribution in [2.45, 2.75) is 32.4 Å². The summed E-state index contributed by atoms with van der Waals surface area (Å²) in [6.45, 7) is 2.48. The Labute approximate surface area is 193 Å². The number of aromatic nitrogens is 3. The Morgan fingerprint density at radius 2 is 1.94 bits per heavy atom. The Morgan fingerprint density at radius 1 is 1.15 bits per heavy atom. The van der Waals surface area contributed by atoms with Crippen LogP contribution in [0.4, 0.5) is 13.2 Å². The number of halogens is 3. The van der Waals surface area contributed by atoms with Gasteiger partial charge in [0, 0.05) is 18.0 Å². The summed E-state index contributed by atoms with van der Waals surface area (Å²) < 4.78 is 56.4. The Morgan fingerprint density at radius 3 is 2.56 bits per heavy atom. The number of carboxylic acids is 1. The van der Waals surface area contributed by atoms with E-state index >= 15 is 0 Å². The largest absolute Gasteiger partial charge is 0.493 e. The van der Waals surface area contributed by atoms with Crippen LogP contribution in [-0.2, 0) is 23.8 Å². The monoisotopic (exact) mass is 479 g/mol. The van der Waals surface area contributed by atoms with Crippen LogP contribution in [0.5, 0.6) is 17.4 Å². The van der Waals surface area contributed by atoms with Gasteiger partial charge in [-0.15, -0.1) is 5.10 Å². The lowest BCUT2D eigenvalue weighted by Crippen LogP contribution is -2.07. The number of hydrogen-bond acceptors (Lipinski definition) is 6. The summed E-state index contributed by atoms with van der Waals surface area (Å²) in [6, 6.07) is 7.14. The van der Waals surface area contributed by atoms with E-state index in [0.717, 1.165) is 17.8 Å². The number of carbonyl (C=O) groups is 1. The molecule has 2 heterocycles. The molecule has 0 aliphatic heterocycles. The molecule has 0 unspecified atom stereocenters. The molecular weight excluding hydrogens is 455 g/mol. The first-order valence-corrected chi connectivity index (χ1v) is 10.5. The van der Waals surface area contributed by atoms with Crippen LogP contribution in [0.1, 0.15) is 30.0 Å². The lowest BCUT2D eigenvalue weighted by Gasteiger charge is -2.12. The number of nitrogens with zero attached hydrogens (tertiary/aromatic N) is 3. The van der Waals surface area contributed by atoms with Crippen molar-refractivity contribution in [3.63, 3.8) is 0 Å². The maximum Gasteiger partial charge on any atom is 0.417 e. The van der Waals surface area contributed by atoms with E-state index < -0.39 is 17.7 Å². The fraction of sp³-hybridized carbons (Fsp3) is 0.348. The minimum atomic E-state index is -4.47. The Hall–Kier alpha value is -3.76. The summed E-state index contributed by atoms with van der Waals surface area (Å²) in [7, 11) is 1.50. The van der Waals surface area contributed by atoms with Crippen LogP contribution in [0, 0.1) is 0 Å². The lowest BCUT2D eigenvalue weighted by molar-refractivity contribution is -0.138. The fourth-order valence-corrected chi connectivity index (χ4v) is 3.19. The van der Waals surface area contributed by atoms with E-state index in [1.54, 1.807) is 31.3 Å². The molecule has 182 valence electrons.